The van der Waals surface area contributed by atoms with Gasteiger partial charge in [0.15, 0.2) is 5.16 Å². The number of aromatic nitrogens is 3. The van der Waals surface area contributed by atoms with Crippen molar-refractivity contribution >= 4 is 18.0 Å². The van der Waals surface area contributed by atoms with E-state index in [0.717, 1.165) is 5.82 Å². The zero-order chi connectivity index (χ0) is 12.4. The molecule has 2 rings (SSSR count). The number of aryl methyl sites for hydroxylation is 1. The van der Waals surface area contributed by atoms with Gasteiger partial charge in [0.05, 0.1) is 0 Å². The fourth-order valence-electron chi connectivity index (χ4n) is 1.29. The Balaban J connectivity index is 2.32. The smallest absolute Gasteiger partial charge is 0.195 e. The molecular weight excluding hydrogens is 241 g/mol. The number of hydrogen-bond acceptors (Lipinski definition) is 4. The molecule has 0 aliphatic heterocycles. The van der Waals surface area contributed by atoms with Crippen LogP contribution >= 0.6 is 11.8 Å². The summed E-state index contributed by atoms with van der Waals surface area (Å²) in [5.41, 5.74) is 0.311. The molecule has 6 heteroatoms. The van der Waals surface area contributed by atoms with Gasteiger partial charge in [-0.1, -0.05) is 0 Å². The molecule has 0 aliphatic rings. The van der Waals surface area contributed by atoms with Gasteiger partial charge in [-0.2, -0.15) is 0 Å². The Labute approximate surface area is 102 Å². The lowest BCUT2D eigenvalue weighted by atomic mass is 10.2. The second-order valence-corrected chi connectivity index (χ2v) is 4.57. The Kier molecular flexibility index (Phi) is 3.23. The predicted molar refractivity (Wildman–Crippen MR) is 61.7 cm³/mol. The number of nitrogens with zero attached hydrogens (tertiary/aromatic N) is 3. The average Bonchev–Trinajstić information content (AvgIpc) is 2.60. The zero-order valence-electron chi connectivity index (χ0n) is 9.35. The molecule has 0 spiro atoms. The molecule has 88 valence electrons. The normalized spacial score (nSPS) is 10.5. The van der Waals surface area contributed by atoms with E-state index in [4.69, 9.17) is 0 Å². The highest BCUT2D eigenvalue weighted by atomic mass is 32.2. The number of rotatable bonds is 3. The summed E-state index contributed by atoms with van der Waals surface area (Å²) in [6.45, 7) is 1.83. The molecule has 1 heterocycles. The first-order chi connectivity index (χ1) is 8.10. The molecule has 0 unspecified atom stereocenters. The fraction of sp³-hybridized carbons (Fsp3) is 0.182. The maximum absolute atomic E-state index is 13.2. The Morgan fingerprint density at radius 2 is 2.12 bits per heavy atom. The predicted octanol–water partition coefficient (Wildman–Crippen LogP) is 2.23. The Bertz CT molecular complexity index is 568. The van der Waals surface area contributed by atoms with E-state index in [9.17, 15) is 9.18 Å². The number of carbonyl (C=O) groups excluding carboxylic acids is 1. The molecule has 1 aromatic heterocycles. The molecule has 0 aliphatic carbocycles. The van der Waals surface area contributed by atoms with Crippen LogP contribution in [-0.2, 0) is 7.05 Å². The van der Waals surface area contributed by atoms with Crippen LogP contribution in [-0.4, -0.2) is 21.1 Å². The number of halogens is 1. The number of aldehydes is 1. The molecule has 1 aromatic carbocycles. The van der Waals surface area contributed by atoms with Crippen LogP contribution in [0.15, 0.2) is 28.3 Å². The molecule has 0 N–H and O–H groups in total. The summed E-state index contributed by atoms with van der Waals surface area (Å²) in [5.74, 6) is 0.343. The van der Waals surface area contributed by atoms with Gasteiger partial charge in [-0.25, -0.2) is 4.39 Å². The second-order valence-electron chi connectivity index (χ2n) is 3.53. The van der Waals surface area contributed by atoms with Crippen LogP contribution in [0.1, 0.15) is 16.2 Å². The topological polar surface area (TPSA) is 47.8 Å². The third-order valence-electron chi connectivity index (χ3n) is 2.29. The monoisotopic (exact) mass is 251 g/mol. The van der Waals surface area contributed by atoms with Gasteiger partial charge >= 0.3 is 0 Å². The molecule has 0 radical (unpaired) electrons. The molecular formula is C11H10FN3OS. The highest BCUT2D eigenvalue weighted by molar-refractivity contribution is 7.99. The van der Waals surface area contributed by atoms with E-state index in [-0.39, 0.29) is 0 Å². The quantitative estimate of drug-likeness (QED) is 0.785. The Morgan fingerprint density at radius 3 is 2.71 bits per heavy atom. The molecule has 0 saturated heterocycles. The minimum absolute atomic E-state index is 0.311. The van der Waals surface area contributed by atoms with Crippen LogP contribution in [0.4, 0.5) is 4.39 Å². The Hall–Kier alpha value is -1.69. The molecule has 0 bridgehead atoms. The number of hydrogen-bond donors (Lipinski definition) is 0. The van der Waals surface area contributed by atoms with Crippen molar-refractivity contribution in [1.29, 1.82) is 0 Å². The van der Waals surface area contributed by atoms with Crippen LogP contribution in [0.5, 0.6) is 0 Å². The van der Waals surface area contributed by atoms with Gasteiger partial charge < -0.3 is 4.57 Å². The van der Waals surface area contributed by atoms with E-state index in [0.29, 0.717) is 21.9 Å². The van der Waals surface area contributed by atoms with Crippen molar-refractivity contribution in [3.8, 4) is 0 Å². The number of benzene rings is 1. The standard InChI is InChI=1S/C11H10FN3OS/c1-7-13-14-11(15(7)2)17-10-4-8(6-16)3-9(12)5-10/h3-6H,1-2H3. The van der Waals surface area contributed by atoms with E-state index in [1.54, 1.807) is 10.6 Å². The summed E-state index contributed by atoms with van der Waals surface area (Å²) in [6, 6.07) is 4.17. The minimum atomic E-state index is -0.434. The first-order valence-corrected chi connectivity index (χ1v) is 5.71. The molecule has 0 amide bonds. The summed E-state index contributed by atoms with van der Waals surface area (Å²) >= 11 is 1.27. The van der Waals surface area contributed by atoms with Crippen molar-refractivity contribution in [3.63, 3.8) is 0 Å². The lowest BCUT2D eigenvalue weighted by molar-refractivity contribution is 0.112. The van der Waals surface area contributed by atoms with Crippen LogP contribution in [0.2, 0.25) is 0 Å². The highest BCUT2D eigenvalue weighted by Gasteiger charge is 2.08. The van der Waals surface area contributed by atoms with Crippen LogP contribution in [0.3, 0.4) is 0 Å². The number of carbonyl (C=O) groups is 1. The molecule has 0 atom stereocenters. The molecule has 2 aromatic rings. The lowest BCUT2D eigenvalue weighted by Crippen LogP contribution is -1.93. The van der Waals surface area contributed by atoms with Gasteiger partial charge in [-0.15, -0.1) is 10.2 Å². The highest BCUT2D eigenvalue weighted by Crippen LogP contribution is 2.27. The maximum atomic E-state index is 13.2. The first kappa shape index (κ1) is 11.8. The van der Waals surface area contributed by atoms with Gasteiger partial charge in [0, 0.05) is 17.5 Å². The van der Waals surface area contributed by atoms with E-state index < -0.39 is 5.82 Å². The van der Waals surface area contributed by atoms with E-state index in [1.165, 1.54) is 23.9 Å². The van der Waals surface area contributed by atoms with Crippen molar-refractivity contribution in [2.75, 3.05) is 0 Å². The van der Waals surface area contributed by atoms with Gasteiger partial charge in [0.2, 0.25) is 0 Å². The largest absolute Gasteiger partial charge is 0.309 e. The van der Waals surface area contributed by atoms with E-state index in [2.05, 4.69) is 10.2 Å². The minimum Gasteiger partial charge on any atom is -0.309 e. The van der Waals surface area contributed by atoms with Gasteiger partial charge in [-0.3, -0.25) is 4.79 Å². The average molecular weight is 251 g/mol. The fourth-order valence-corrected chi connectivity index (χ4v) is 2.22. The van der Waals surface area contributed by atoms with Gasteiger partial charge in [0.1, 0.15) is 17.9 Å². The third-order valence-corrected chi connectivity index (χ3v) is 3.30. The molecule has 0 saturated carbocycles. The maximum Gasteiger partial charge on any atom is 0.195 e. The summed E-state index contributed by atoms with van der Waals surface area (Å²) in [5, 5.41) is 8.52. The molecule has 0 fully saturated rings. The van der Waals surface area contributed by atoms with Crippen molar-refractivity contribution < 1.29 is 9.18 Å². The SMILES string of the molecule is Cc1nnc(Sc2cc(F)cc(C=O)c2)n1C. The van der Waals surface area contributed by atoms with Crippen LogP contribution in [0, 0.1) is 12.7 Å². The van der Waals surface area contributed by atoms with Gasteiger partial charge in [-0.05, 0) is 36.9 Å². The molecule has 4 nitrogen and oxygen atoms in total. The van der Waals surface area contributed by atoms with Crippen LogP contribution in [0.25, 0.3) is 0 Å². The van der Waals surface area contributed by atoms with Crippen molar-refractivity contribution in [3.05, 3.63) is 35.4 Å². The van der Waals surface area contributed by atoms with Gasteiger partial charge in [0.25, 0.3) is 0 Å². The Morgan fingerprint density at radius 1 is 1.35 bits per heavy atom. The lowest BCUT2D eigenvalue weighted by Gasteiger charge is -2.02. The van der Waals surface area contributed by atoms with Crippen molar-refractivity contribution in [2.24, 2.45) is 7.05 Å². The summed E-state index contributed by atoms with van der Waals surface area (Å²) in [4.78, 5) is 11.3. The summed E-state index contributed by atoms with van der Waals surface area (Å²) < 4.78 is 15.0. The molecule has 17 heavy (non-hydrogen) atoms. The van der Waals surface area contributed by atoms with Crippen LogP contribution < -0.4 is 0 Å². The van der Waals surface area contributed by atoms with Crippen molar-refractivity contribution in [2.45, 2.75) is 17.0 Å². The van der Waals surface area contributed by atoms with E-state index in [1.807, 2.05) is 14.0 Å². The second kappa shape index (κ2) is 4.67. The summed E-state index contributed by atoms with van der Waals surface area (Å²) in [7, 11) is 1.83. The van der Waals surface area contributed by atoms with Crippen molar-refractivity contribution in [1.82, 2.24) is 14.8 Å². The third kappa shape index (κ3) is 2.52. The summed E-state index contributed by atoms with van der Waals surface area (Å²) in [6.07, 6.45) is 0.620. The zero-order valence-corrected chi connectivity index (χ0v) is 10.2. The van der Waals surface area contributed by atoms with E-state index >= 15 is 0 Å². The first-order valence-electron chi connectivity index (χ1n) is 4.90.